The molecule has 94 valence electrons. The van der Waals surface area contributed by atoms with Crippen LogP contribution < -0.4 is 35.3 Å². The van der Waals surface area contributed by atoms with E-state index in [-0.39, 0.29) is 36.5 Å². The fraction of sp³-hybridized carbons (Fsp3) is 1.00. The van der Waals surface area contributed by atoms with Gasteiger partial charge in [0.05, 0.1) is 0 Å². The van der Waals surface area contributed by atoms with E-state index < -0.39 is 0 Å². The quantitative estimate of drug-likeness (QED) is 0.455. The standard InChI is InChI=1S/C14H31N.Na.H/c1-4-5-6-7-8-9-10-11-12-13-14(2,3)15;;/h4-13,15H2,1-3H3;;/q;+1;-1. The molecule has 0 aliphatic rings. The molecule has 2 heteroatoms. The van der Waals surface area contributed by atoms with Gasteiger partial charge in [-0.05, 0) is 20.3 Å². The molecular formula is C14H32NNa. The van der Waals surface area contributed by atoms with E-state index in [1.807, 2.05) is 0 Å². The van der Waals surface area contributed by atoms with Crippen molar-refractivity contribution in [3.05, 3.63) is 0 Å². The Morgan fingerprint density at radius 3 is 1.56 bits per heavy atom. The van der Waals surface area contributed by atoms with Crippen molar-refractivity contribution in [1.82, 2.24) is 0 Å². The maximum atomic E-state index is 5.93. The molecule has 0 bridgehead atoms. The van der Waals surface area contributed by atoms with Crippen molar-refractivity contribution in [1.29, 1.82) is 0 Å². The fourth-order valence-electron chi connectivity index (χ4n) is 1.89. The minimum absolute atomic E-state index is 0. The molecule has 2 N–H and O–H groups in total. The summed E-state index contributed by atoms with van der Waals surface area (Å²) in [5.41, 5.74) is 5.97. The Morgan fingerprint density at radius 1 is 0.812 bits per heavy atom. The molecule has 0 aromatic carbocycles. The van der Waals surface area contributed by atoms with Crippen LogP contribution in [-0.4, -0.2) is 5.54 Å². The van der Waals surface area contributed by atoms with Crippen molar-refractivity contribution < 1.29 is 31.0 Å². The van der Waals surface area contributed by atoms with Gasteiger partial charge in [-0.15, -0.1) is 0 Å². The van der Waals surface area contributed by atoms with Gasteiger partial charge in [0, 0.05) is 5.54 Å². The third kappa shape index (κ3) is 17.4. The third-order valence-corrected chi connectivity index (χ3v) is 2.92. The van der Waals surface area contributed by atoms with Crippen LogP contribution in [0.15, 0.2) is 0 Å². The molecule has 0 unspecified atom stereocenters. The minimum Gasteiger partial charge on any atom is -1.00 e. The van der Waals surface area contributed by atoms with Gasteiger partial charge in [0.25, 0.3) is 0 Å². The second kappa shape index (κ2) is 12.4. The van der Waals surface area contributed by atoms with Crippen LogP contribution in [0.1, 0.15) is 86.4 Å². The Hall–Kier alpha value is 0.960. The van der Waals surface area contributed by atoms with Crippen LogP contribution >= 0.6 is 0 Å². The van der Waals surface area contributed by atoms with Crippen LogP contribution in [0.5, 0.6) is 0 Å². The minimum atomic E-state index is 0. The van der Waals surface area contributed by atoms with E-state index in [2.05, 4.69) is 20.8 Å². The van der Waals surface area contributed by atoms with E-state index in [0.717, 1.165) is 0 Å². The summed E-state index contributed by atoms with van der Waals surface area (Å²) >= 11 is 0. The van der Waals surface area contributed by atoms with E-state index in [1.54, 1.807) is 0 Å². The number of nitrogens with two attached hydrogens (primary N) is 1. The molecule has 0 rings (SSSR count). The zero-order valence-corrected chi connectivity index (χ0v) is 14.1. The molecule has 0 saturated carbocycles. The number of hydrogen-bond donors (Lipinski definition) is 1. The fourth-order valence-corrected chi connectivity index (χ4v) is 1.89. The normalized spacial score (nSPS) is 11.2. The van der Waals surface area contributed by atoms with Gasteiger partial charge in [-0.2, -0.15) is 0 Å². The van der Waals surface area contributed by atoms with Crippen molar-refractivity contribution in [2.75, 3.05) is 0 Å². The first-order valence-electron chi connectivity index (χ1n) is 6.85. The van der Waals surface area contributed by atoms with Gasteiger partial charge in [0.15, 0.2) is 0 Å². The van der Waals surface area contributed by atoms with E-state index in [9.17, 15) is 0 Å². The molecule has 0 saturated heterocycles. The predicted octanol–water partition coefficient (Wildman–Crippen LogP) is 1.76. The van der Waals surface area contributed by atoms with Gasteiger partial charge in [0.2, 0.25) is 0 Å². The van der Waals surface area contributed by atoms with Crippen LogP contribution in [0.25, 0.3) is 0 Å². The molecular weight excluding hydrogens is 205 g/mol. The van der Waals surface area contributed by atoms with E-state index in [4.69, 9.17) is 5.73 Å². The Labute approximate surface area is 127 Å². The summed E-state index contributed by atoms with van der Waals surface area (Å²) in [6.07, 6.45) is 13.8. The van der Waals surface area contributed by atoms with Crippen LogP contribution in [0.4, 0.5) is 0 Å². The summed E-state index contributed by atoms with van der Waals surface area (Å²) in [4.78, 5) is 0. The van der Waals surface area contributed by atoms with Gasteiger partial charge in [-0.1, -0.05) is 64.7 Å². The van der Waals surface area contributed by atoms with Crippen LogP contribution in [0, 0.1) is 0 Å². The zero-order chi connectivity index (χ0) is 11.6. The number of hydrogen-bond acceptors (Lipinski definition) is 1. The van der Waals surface area contributed by atoms with Crippen molar-refractivity contribution >= 4 is 0 Å². The molecule has 0 aliphatic carbocycles. The molecule has 0 amide bonds. The van der Waals surface area contributed by atoms with Gasteiger partial charge < -0.3 is 7.16 Å². The molecule has 0 fully saturated rings. The Balaban J connectivity index is -0.000000980. The molecule has 1 nitrogen and oxygen atoms in total. The molecule has 0 aromatic heterocycles. The molecule has 0 heterocycles. The molecule has 0 spiro atoms. The first-order chi connectivity index (χ1) is 7.06. The van der Waals surface area contributed by atoms with E-state index in [0.29, 0.717) is 0 Å². The molecule has 0 atom stereocenters. The average Bonchev–Trinajstić information content (AvgIpc) is 2.14. The van der Waals surface area contributed by atoms with Crippen molar-refractivity contribution in [2.45, 2.75) is 90.5 Å². The number of rotatable bonds is 10. The third-order valence-electron chi connectivity index (χ3n) is 2.92. The molecule has 0 aliphatic heterocycles. The van der Waals surface area contributed by atoms with E-state index in [1.165, 1.54) is 64.2 Å². The Bertz CT molecular complexity index is 135. The predicted molar refractivity (Wildman–Crippen MR) is 71.2 cm³/mol. The van der Waals surface area contributed by atoms with Crippen LogP contribution in [0.2, 0.25) is 0 Å². The molecule has 16 heavy (non-hydrogen) atoms. The van der Waals surface area contributed by atoms with Gasteiger partial charge >= 0.3 is 29.6 Å². The summed E-state index contributed by atoms with van der Waals surface area (Å²) in [7, 11) is 0. The summed E-state index contributed by atoms with van der Waals surface area (Å²) in [5, 5.41) is 0. The first kappa shape index (κ1) is 19.3. The average molecular weight is 237 g/mol. The van der Waals surface area contributed by atoms with Gasteiger partial charge in [0.1, 0.15) is 0 Å². The van der Waals surface area contributed by atoms with Crippen LogP contribution in [0.3, 0.4) is 0 Å². The van der Waals surface area contributed by atoms with Crippen LogP contribution in [-0.2, 0) is 0 Å². The van der Waals surface area contributed by atoms with Gasteiger partial charge in [-0.25, -0.2) is 0 Å². The smallest absolute Gasteiger partial charge is 1.00 e. The second-order valence-electron chi connectivity index (χ2n) is 5.57. The first-order valence-corrected chi connectivity index (χ1v) is 6.85. The topological polar surface area (TPSA) is 26.0 Å². The maximum Gasteiger partial charge on any atom is 1.00 e. The Kier molecular flexibility index (Phi) is 15.0. The summed E-state index contributed by atoms with van der Waals surface area (Å²) in [6, 6.07) is 0. The maximum absolute atomic E-state index is 5.93. The number of unbranched alkanes of at least 4 members (excludes halogenated alkanes) is 8. The summed E-state index contributed by atoms with van der Waals surface area (Å²) < 4.78 is 0. The molecule has 0 aromatic rings. The summed E-state index contributed by atoms with van der Waals surface area (Å²) in [6.45, 7) is 6.52. The zero-order valence-electron chi connectivity index (χ0n) is 13.1. The molecule has 0 radical (unpaired) electrons. The van der Waals surface area contributed by atoms with Gasteiger partial charge in [-0.3, -0.25) is 0 Å². The van der Waals surface area contributed by atoms with Crippen molar-refractivity contribution in [3.63, 3.8) is 0 Å². The van der Waals surface area contributed by atoms with Crippen molar-refractivity contribution in [2.24, 2.45) is 5.73 Å². The van der Waals surface area contributed by atoms with Crippen molar-refractivity contribution in [3.8, 4) is 0 Å². The second-order valence-corrected chi connectivity index (χ2v) is 5.57. The summed E-state index contributed by atoms with van der Waals surface area (Å²) in [5.74, 6) is 0. The van der Waals surface area contributed by atoms with E-state index >= 15 is 0 Å². The largest absolute Gasteiger partial charge is 1.00 e. The Morgan fingerprint density at radius 2 is 1.19 bits per heavy atom. The SMILES string of the molecule is CCCCCCCCCCCC(C)(C)N.[H-].[Na+]. The monoisotopic (exact) mass is 237 g/mol.